The lowest BCUT2D eigenvalue weighted by Gasteiger charge is -2.07. The van der Waals surface area contributed by atoms with Gasteiger partial charge in [-0.3, -0.25) is 9.89 Å². The number of aromatic nitrogens is 2. The molecule has 0 aliphatic heterocycles. The number of aromatic hydroxyl groups is 1. The molecule has 0 bridgehead atoms. The molecule has 9 heteroatoms. The number of aliphatic hydroxyl groups is 1. The fourth-order valence-corrected chi connectivity index (χ4v) is 3.50. The zero-order valence-electron chi connectivity index (χ0n) is 18.5. The number of para-hydroxylation sites is 1. The van der Waals surface area contributed by atoms with Crippen LogP contribution in [-0.4, -0.2) is 31.1 Å². The van der Waals surface area contributed by atoms with Crippen molar-refractivity contribution >= 4 is 17.3 Å². The van der Waals surface area contributed by atoms with Crippen molar-refractivity contribution in [2.45, 2.75) is 20.5 Å². The number of aryl methyl sites for hydroxylation is 2. The van der Waals surface area contributed by atoms with Gasteiger partial charge in [-0.15, -0.1) is 10.2 Å². The van der Waals surface area contributed by atoms with Gasteiger partial charge >= 0.3 is 5.97 Å². The molecule has 0 aliphatic rings. The molecule has 0 fully saturated rings. The number of benzene rings is 3. The van der Waals surface area contributed by atoms with E-state index in [9.17, 15) is 24.9 Å². The molecule has 0 radical (unpaired) electrons. The molecule has 0 atom stereocenters. The molecule has 0 saturated carbocycles. The van der Waals surface area contributed by atoms with E-state index in [1.54, 1.807) is 30.3 Å². The Morgan fingerprint density at radius 3 is 2.47 bits per heavy atom. The SMILES string of the molecule is Cc1ccc(-n2[nH]c(CO)c(N=Nc3cccc(-c4cccc(C(=O)O)c4)c3O)c2=O)cc1C. The molecule has 0 unspecified atom stereocenters. The normalized spacial score (nSPS) is 11.3. The number of H-pyrrole nitrogens is 1. The van der Waals surface area contributed by atoms with Gasteiger partial charge in [-0.05, 0) is 60.9 Å². The first-order valence-electron chi connectivity index (χ1n) is 10.4. The number of hydrogen-bond acceptors (Lipinski definition) is 6. The average Bonchev–Trinajstić information content (AvgIpc) is 3.15. The third-order valence-corrected chi connectivity index (χ3v) is 5.54. The summed E-state index contributed by atoms with van der Waals surface area (Å²) in [6, 6.07) is 16.4. The number of carboxylic acids is 1. The predicted molar refractivity (Wildman–Crippen MR) is 126 cm³/mol. The molecule has 3 aromatic carbocycles. The van der Waals surface area contributed by atoms with Crippen LogP contribution in [0.3, 0.4) is 0 Å². The van der Waals surface area contributed by atoms with Crippen LogP contribution >= 0.6 is 0 Å². The molecular weight excluding hydrogens is 436 g/mol. The number of azo groups is 1. The number of carboxylic acid groups (broad SMARTS) is 1. The van der Waals surface area contributed by atoms with Crippen LogP contribution in [0.25, 0.3) is 16.8 Å². The number of aliphatic hydroxyl groups excluding tert-OH is 1. The molecule has 4 aromatic rings. The van der Waals surface area contributed by atoms with E-state index in [0.29, 0.717) is 16.8 Å². The van der Waals surface area contributed by atoms with Crippen molar-refractivity contribution in [1.82, 2.24) is 9.78 Å². The van der Waals surface area contributed by atoms with Gasteiger partial charge in [0.1, 0.15) is 5.69 Å². The van der Waals surface area contributed by atoms with Crippen molar-refractivity contribution in [2.75, 3.05) is 0 Å². The summed E-state index contributed by atoms with van der Waals surface area (Å²) in [7, 11) is 0. The Bertz CT molecular complexity index is 1480. The van der Waals surface area contributed by atoms with Gasteiger partial charge in [0.2, 0.25) is 0 Å². The summed E-state index contributed by atoms with van der Waals surface area (Å²) in [5.41, 5.74) is 3.28. The monoisotopic (exact) mass is 458 g/mol. The highest BCUT2D eigenvalue weighted by Gasteiger charge is 2.16. The highest BCUT2D eigenvalue weighted by atomic mass is 16.4. The van der Waals surface area contributed by atoms with Crippen molar-refractivity contribution in [3.8, 4) is 22.6 Å². The highest BCUT2D eigenvalue weighted by Crippen LogP contribution is 2.38. The van der Waals surface area contributed by atoms with Gasteiger partial charge < -0.3 is 15.3 Å². The standard InChI is InChI=1S/C25H22N4O5/c1-14-9-10-18(11-15(14)2)29-24(32)22(21(13-30)28-29)27-26-20-8-4-7-19(23(20)31)16-5-3-6-17(12-16)25(33)34/h3-12,28,30-31H,13H2,1-2H3,(H,33,34). The largest absolute Gasteiger partial charge is 0.505 e. The second kappa shape index (κ2) is 9.16. The first-order valence-corrected chi connectivity index (χ1v) is 10.4. The third kappa shape index (κ3) is 4.24. The lowest BCUT2D eigenvalue weighted by molar-refractivity contribution is 0.0697. The Morgan fingerprint density at radius 2 is 1.76 bits per heavy atom. The molecule has 0 saturated heterocycles. The van der Waals surface area contributed by atoms with Gasteiger partial charge in [-0.1, -0.05) is 30.3 Å². The van der Waals surface area contributed by atoms with Crippen LogP contribution in [0.1, 0.15) is 27.2 Å². The lowest BCUT2D eigenvalue weighted by atomic mass is 10.0. The maximum atomic E-state index is 13.0. The van der Waals surface area contributed by atoms with Crippen molar-refractivity contribution in [1.29, 1.82) is 0 Å². The van der Waals surface area contributed by atoms with Crippen LogP contribution in [0.4, 0.5) is 11.4 Å². The number of carbonyl (C=O) groups is 1. The predicted octanol–water partition coefficient (Wildman–Crippen LogP) is 4.76. The molecule has 0 aliphatic carbocycles. The third-order valence-electron chi connectivity index (χ3n) is 5.54. The number of aromatic carboxylic acids is 1. The van der Waals surface area contributed by atoms with Crippen LogP contribution in [0.2, 0.25) is 0 Å². The Labute approximate surface area is 194 Å². The fourth-order valence-electron chi connectivity index (χ4n) is 3.50. The molecular formula is C25H22N4O5. The molecule has 4 N–H and O–H groups in total. The molecule has 9 nitrogen and oxygen atoms in total. The van der Waals surface area contributed by atoms with E-state index >= 15 is 0 Å². The first-order chi connectivity index (χ1) is 16.3. The summed E-state index contributed by atoms with van der Waals surface area (Å²) in [5, 5.41) is 40.6. The van der Waals surface area contributed by atoms with E-state index < -0.39 is 18.1 Å². The quantitative estimate of drug-likeness (QED) is 0.308. The van der Waals surface area contributed by atoms with Crippen LogP contribution in [0, 0.1) is 13.8 Å². The van der Waals surface area contributed by atoms with E-state index in [2.05, 4.69) is 15.3 Å². The molecule has 0 spiro atoms. The van der Waals surface area contributed by atoms with E-state index in [4.69, 9.17) is 0 Å². The minimum atomic E-state index is -1.08. The fraction of sp³-hybridized carbons (Fsp3) is 0.120. The minimum Gasteiger partial charge on any atom is -0.505 e. The summed E-state index contributed by atoms with van der Waals surface area (Å²) in [5.74, 6) is -1.30. The summed E-state index contributed by atoms with van der Waals surface area (Å²) in [6.45, 7) is 3.44. The van der Waals surface area contributed by atoms with Crippen molar-refractivity contribution in [2.24, 2.45) is 10.2 Å². The Morgan fingerprint density at radius 1 is 1.00 bits per heavy atom. The van der Waals surface area contributed by atoms with Crippen LogP contribution in [0.5, 0.6) is 5.75 Å². The van der Waals surface area contributed by atoms with Crippen molar-refractivity contribution in [3.05, 3.63) is 93.4 Å². The summed E-state index contributed by atoms with van der Waals surface area (Å²) >= 11 is 0. The van der Waals surface area contributed by atoms with Gasteiger partial charge in [0.15, 0.2) is 11.4 Å². The second-order valence-electron chi connectivity index (χ2n) is 7.77. The molecule has 4 rings (SSSR count). The van der Waals surface area contributed by atoms with Gasteiger partial charge in [0, 0.05) is 5.56 Å². The van der Waals surface area contributed by atoms with Crippen LogP contribution < -0.4 is 5.56 Å². The van der Waals surface area contributed by atoms with Gasteiger partial charge in [-0.25, -0.2) is 9.48 Å². The average molecular weight is 458 g/mol. The molecule has 0 amide bonds. The number of nitrogens with one attached hydrogen (secondary N) is 1. The number of nitrogens with zero attached hydrogens (tertiary/aromatic N) is 3. The summed E-state index contributed by atoms with van der Waals surface area (Å²) in [4.78, 5) is 24.3. The Balaban J connectivity index is 1.74. The zero-order valence-corrected chi connectivity index (χ0v) is 18.5. The van der Waals surface area contributed by atoms with E-state index in [1.165, 1.54) is 22.9 Å². The minimum absolute atomic E-state index is 0.0794. The zero-order chi connectivity index (χ0) is 24.4. The summed E-state index contributed by atoms with van der Waals surface area (Å²) in [6.07, 6.45) is 0. The van der Waals surface area contributed by atoms with Crippen LogP contribution in [-0.2, 0) is 6.61 Å². The van der Waals surface area contributed by atoms with Gasteiger partial charge in [0.05, 0.1) is 23.6 Å². The number of phenolic OH excluding ortho intramolecular Hbond substituents is 1. The maximum Gasteiger partial charge on any atom is 0.335 e. The second-order valence-corrected chi connectivity index (χ2v) is 7.77. The number of aromatic amines is 1. The van der Waals surface area contributed by atoms with E-state index in [-0.39, 0.29) is 28.4 Å². The topological polar surface area (TPSA) is 140 Å². The number of hydrogen-bond donors (Lipinski definition) is 4. The van der Waals surface area contributed by atoms with Gasteiger partial charge in [0.25, 0.3) is 5.56 Å². The number of phenols is 1. The maximum absolute atomic E-state index is 13.0. The number of rotatable bonds is 6. The van der Waals surface area contributed by atoms with E-state index in [1.807, 2.05) is 26.0 Å². The first kappa shape index (κ1) is 22.7. The Hall–Kier alpha value is -4.50. The van der Waals surface area contributed by atoms with Crippen LogP contribution in [0.15, 0.2) is 75.7 Å². The van der Waals surface area contributed by atoms with E-state index in [0.717, 1.165) is 11.1 Å². The van der Waals surface area contributed by atoms with Crippen molar-refractivity contribution in [3.63, 3.8) is 0 Å². The Kier molecular flexibility index (Phi) is 6.11. The van der Waals surface area contributed by atoms with Crippen molar-refractivity contribution < 1.29 is 20.1 Å². The molecule has 1 heterocycles. The smallest absolute Gasteiger partial charge is 0.335 e. The highest BCUT2D eigenvalue weighted by molar-refractivity contribution is 5.90. The summed E-state index contributed by atoms with van der Waals surface area (Å²) < 4.78 is 1.28. The molecule has 34 heavy (non-hydrogen) atoms. The molecule has 172 valence electrons. The lowest BCUT2D eigenvalue weighted by Crippen LogP contribution is -2.14. The molecule has 1 aromatic heterocycles. The van der Waals surface area contributed by atoms with Gasteiger partial charge in [-0.2, -0.15) is 0 Å².